The molecule has 1 aromatic heterocycles. The molecule has 0 aliphatic carbocycles. The van der Waals surface area contributed by atoms with Gasteiger partial charge in [-0.15, -0.1) is 0 Å². The summed E-state index contributed by atoms with van der Waals surface area (Å²) in [7, 11) is 0. The van der Waals surface area contributed by atoms with Gasteiger partial charge in [0.15, 0.2) is 12.0 Å². The third-order valence-electron chi connectivity index (χ3n) is 1.26. The first-order chi connectivity index (χ1) is 4.52. The van der Waals surface area contributed by atoms with Crippen LogP contribution in [-0.2, 0) is 5.41 Å². The third kappa shape index (κ3) is 1.12. The van der Waals surface area contributed by atoms with E-state index >= 15 is 0 Å². The molecule has 0 fully saturated rings. The van der Waals surface area contributed by atoms with Crippen molar-refractivity contribution in [3.63, 3.8) is 0 Å². The molecule has 0 saturated heterocycles. The van der Waals surface area contributed by atoms with Crippen LogP contribution < -0.4 is 0 Å². The van der Waals surface area contributed by atoms with Crippen molar-refractivity contribution in [1.82, 2.24) is 5.16 Å². The van der Waals surface area contributed by atoms with E-state index in [2.05, 4.69) is 9.68 Å². The van der Waals surface area contributed by atoms with E-state index < -0.39 is 0 Å². The molecule has 0 aliphatic rings. The van der Waals surface area contributed by atoms with Crippen LogP contribution in [0.1, 0.15) is 26.5 Å². The quantitative estimate of drug-likeness (QED) is 0.597. The third-order valence-corrected chi connectivity index (χ3v) is 1.26. The van der Waals surface area contributed by atoms with Gasteiger partial charge in [0, 0.05) is 5.41 Å². The zero-order valence-corrected chi connectivity index (χ0v) is 6.38. The molecule has 0 aliphatic heterocycles. The van der Waals surface area contributed by atoms with Crippen LogP contribution in [-0.4, -0.2) is 10.3 Å². The lowest BCUT2D eigenvalue weighted by molar-refractivity contribution is 0.392. The Hall–Kier alpha value is -0.990. The van der Waals surface area contributed by atoms with Gasteiger partial charge in [-0.25, -0.2) is 0 Å². The molecule has 0 amide bonds. The molecule has 10 heavy (non-hydrogen) atoms. The van der Waals surface area contributed by atoms with E-state index in [1.807, 2.05) is 20.8 Å². The number of rotatable bonds is 0. The molecule has 0 atom stereocenters. The van der Waals surface area contributed by atoms with E-state index in [0.717, 1.165) is 0 Å². The molecule has 0 saturated carbocycles. The molecular weight excluding hydrogens is 130 g/mol. The van der Waals surface area contributed by atoms with E-state index in [0.29, 0.717) is 5.69 Å². The number of aromatic nitrogens is 1. The number of hydrogen-bond acceptors (Lipinski definition) is 3. The highest BCUT2D eigenvalue weighted by Gasteiger charge is 2.21. The number of hydrogen-bond donors (Lipinski definition) is 1. The summed E-state index contributed by atoms with van der Waals surface area (Å²) in [5.41, 5.74) is 0.462. The fourth-order valence-electron chi connectivity index (χ4n) is 0.753. The Morgan fingerprint density at radius 3 is 2.30 bits per heavy atom. The average Bonchev–Trinajstić information content (AvgIpc) is 2.11. The van der Waals surface area contributed by atoms with Crippen LogP contribution in [0.4, 0.5) is 0 Å². The molecule has 1 N–H and O–H groups in total. The predicted molar refractivity (Wildman–Crippen MR) is 36.9 cm³/mol. The van der Waals surface area contributed by atoms with E-state index in [4.69, 9.17) is 5.11 Å². The highest BCUT2D eigenvalue weighted by atomic mass is 16.5. The monoisotopic (exact) mass is 141 g/mol. The first-order valence-electron chi connectivity index (χ1n) is 3.15. The van der Waals surface area contributed by atoms with E-state index in [9.17, 15) is 0 Å². The maximum absolute atomic E-state index is 9.13. The van der Waals surface area contributed by atoms with Gasteiger partial charge in [-0.2, -0.15) is 0 Å². The lowest BCUT2D eigenvalue weighted by Crippen LogP contribution is -2.11. The van der Waals surface area contributed by atoms with Gasteiger partial charge in [-0.3, -0.25) is 0 Å². The topological polar surface area (TPSA) is 46.3 Å². The molecule has 0 radical (unpaired) electrons. The van der Waals surface area contributed by atoms with Gasteiger partial charge in [0.05, 0.1) is 0 Å². The Labute approximate surface area is 59.7 Å². The summed E-state index contributed by atoms with van der Waals surface area (Å²) < 4.78 is 4.57. The minimum absolute atomic E-state index is 0.132. The first-order valence-corrected chi connectivity index (χ1v) is 3.15. The largest absolute Gasteiger partial charge is 0.503 e. The van der Waals surface area contributed by atoms with Crippen LogP contribution in [0, 0.1) is 0 Å². The highest BCUT2D eigenvalue weighted by Crippen LogP contribution is 2.28. The Morgan fingerprint density at radius 1 is 1.50 bits per heavy atom. The second-order valence-electron chi connectivity index (χ2n) is 3.30. The Bertz CT molecular complexity index is 222. The minimum Gasteiger partial charge on any atom is -0.503 e. The van der Waals surface area contributed by atoms with Crippen LogP contribution in [0.5, 0.6) is 5.75 Å². The Morgan fingerprint density at radius 2 is 2.10 bits per heavy atom. The fourth-order valence-corrected chi connectivity index (χ4v) is 0.753. The highest BCUT2D eigenvalue weighted by molar-refractivity contribution is 5.26. The molecular formula is C7H11NO2. The van der Waals surface area contributed by atoms with E-state index in [1.54, 1.807) is 0 Å². The molecule has 0 aromatic carbocycles. The van der Waals surface area contributed by atoms with E-state index in [-0.39, 0.29) is 11.2 Å². The van der Waals surface area contributed by atoms with Gasteiger partial charge in [0.2, 0.25) is 0 Å². The standard InChI is InChI=1S/C7H11NO2/c1-7(2,3)6-5(9)4-10-8-6/h4,9H,1-3H3. The number of aromatic hydroxyl groups is 1. The van der Waals surface area contributed by atoms with Crippen LogP contribution in [0.2, 0.25) is 0 Å². The summed E-state index contributed by atoms with van der Waals surface area (Å²) in [6, 6.07) is 0. The maximum Gasteiger partial charge on any atom is 0.179 e. The van der Waals surface area contributed by atoms with Crippen molar-refractivity contribution in [2.75, 3.05) is 0 Å². The normalized spacial score (nSPS) is 11.9. The minimum atomic E-state index is -0.142. The Balaban J connectivity index is 3.05. The van der Waals surface area contributed by atoms with Gasteiger partial charge in [-0.1, -0.05) is 25.9 Å². The summed E-state index contributed by atoms with van der Waals surface area (Å²) in [6.07, 6.45) is 1.24. The van der Waals surface area contributed by atoms with Gasteiger partial charge < -0.3 is 9.63 Å². The van der Waals surface area contributed by atoms with Crippen molar-refractivity contribution in [3.05, 3.63) is 12.0 Å². The molecule has 3 nitrogen and oxygen atoms in total. The molecule has 0 bridgehead atoms. The second-order valence-corrected chi connectivity index (χ2v) is 3.30. The molecule has 1 aromatic rings. The van der Waals surface area contributed by atoms with Crippen molar-refractivity contribution < 1.29 is 9.63 Å². The van der Waals surface area contributed by atoms with Crippen LogP contribution >= 0.6 is 0 Å². The predicted octanol–water partition coefficient (Wildman–Crippen LogP) is 1.68. The zero-order chi connectivity index (χ0) is 7.78. The Kier molecular flexibility index (Phi) is 1.43. The van der Waals surface area contributed by atoms with Gasteiger partial charge in [0.1, 0.15) is 5.69 Å². The fraction of sp³-hybridized carbons (Fsp3) is 0.571. The molecule has 56 valence electrons. The second kappa shape index (κ2) is 2.01. The summed E-state index contributed by atoms with van der Waals surface area (Å²) >= 11 is 0. The molecule has 0 unspecified atom stereocenters. The van der Waals surface area contributed by atoms with Crippen LogP contribution in [0.25, 0.3) is 0 Å². The smallest absolute Gasteiger partial charge is 0.179 e. The van der Waals surface area contributed by atoms with Crippen molar-refractivity contribution in [3.8, 4) is 5.75 Å². The van der Waals surface area contributed by atoms with Crippen LogP contribution in [0.3, 0.4) is 0 Å². The molecule has 3 heteroatoms. The van der Waals surface area contributed by atoms with Crippen molar-refractivity contribution in [2.45, 2.75) is 26.2 Å². The average molecular weight is 141 g/mol. The van der Waals surface area contributed by atoms with Crippen molar-refractivity contribution >= 4 is 0 Å². The molecule has 0 spiro atoms. The van der Waals surface area contributed by atoms with Gasteiger partial charge in [-0.05, 0) is 0 Å². The first kappa shape index (κ1) is 7.12. The summed E-state index contributed by atoms with van der Waals surface area (Å²) in [5.74, 6) is 0.132. The summed E-state index contributed by atoms with van der Waals surface area (Å²) in [4.78, 5) is 0. The van der Waals surface area contributed by atoms with E-state index in [1.165, 1.54) is 6.26 Å². The zero-order valence-electron chi connectivity index (χ0n) is 6.38. The van der Waals surface area contributed by atoms with Gasteiger partial charge >= 0.3 is 0 Å². The number of nitrogens with zero attached hydrogens (tertiary/aromatic N) is 1. The molecule has 1 rings (SSSR count). The van der Waals surface area contributed by atoms with Crippen molar-refractivity contribution in [1.29, 1.82) is 0 Å². The van der Waals surface area contributed by atoms with Crippen LogP contribution in [0.15, 0.2) is 10.8 Å². The summed E-state index contributed by atoms with van der Waals surface area (Å²) in [6.45, 7) is 5.89. The van der Waals surface area contributed by atoms with Crippen molar-refractivity contribution in [2.24, 2.45) is 0 Å². The SMILES string of the molecule is CC(C)(C)c1nocc1O. The molecule has 1 heterocycles. The maximum atomic E-state index is 9.13. The van der Waals surface area contributed by atoms with Gasteiger partial charge in [0.25, 0.3) is 0 Å². The summed E-state index contributed by atoms with van der Waals surface area (Å²) in [5, 5.41) is 12.8. The lowest BCUT2D eigenvalue weighted by Gasteiger charge is -2.13. The lowest BCUT2D eigenvalue weighted by atomic mass is 9.92.